The smallest absolute Gasteiger partial charge is 0.336 e. The van der Waals surface area contributed by atoms with Gasteiger partial charge in [-0.15, -0.1) is 0 Å². The molecule has 1 heterocycles. The van der Waals surface area contributed by atoms with Crippen LogP contribution in [0.1, 0.15) is 37.0 Å². The summed E-state index contributed by atoms with van der Waals surface area (Å²) in [7, 11) is 0. The fourth-order valence-corrected chi connectivity index (χ4v) is 3.14. The Bertz CT molecular complexity index is 828. The molecule has 0 saturated heterocycles. The number of amides is 1. The minimum Gasteiger partial charge on any atom is -0.481 e. The number of hydrogen-bond donors (Lipinski definition) is 5. The molecule has 1 amide bonds. The Kier molecular flexibility index (Phi) is 10.4. The van der Waals surface area contributed by atoms with Crippen LogP contribution in [-0.2, 0) is 14.4 Å². The number of aliphatic hydroxyl groups is 1. The quantitative estimate of drug-likeness (QED) is 0.333. The average Bonchev–Trinajstić information content (AvgIpc) is 2.69. The third kappa shape index (κ3) is 7.98. The Morgan fingerprint density at radius 1 is 1.12 bits per heavy atom. The molecule has 0 spiro atoms. The molecule has 0 bridgehead atoms. The van der Waals surface area contributed by atoms with Crippen LogP contribution in [0.3, 0.4) is 0 Å². The SMILES string of the molecule is CCN(CC)CCN1CNc2ccc(Cl)cc2C1=O.O=C(O)CC(O)(CC(=O)O)C(=O)O. The van der Waals surface area contributed by atoms with Gasteiger partial charge in [0.25, 0.3) is 5.91 Å². The molecule has 178 valence electrons. The van der Waals surface area contributed by atoms with Gasteiger partial charge < -0.3 is 35.5 Å². The lowest BCUT2D eigenvalue weighted by molar-refractivity contribution is -0.170. The second-order valence-electron chi connectivity index (χ2n) is 7.10. The number of carbonyl (C=O) groups is 4. The van der Waals surface area contributed by atoms with Crippen molar-refractivity contribution in [3.63, 3.8) is 0 Å². The minimum absolute atomic E-state index is 0.0587. The van der Waals surface area contributed by atoms with Crippen molar-refractivity contribution in [2.24, 2.45) is 0 Å². The molecule has 0 fully saturated rings. The van der Waals surface area contributed by atoms with Crippen molar-refractivity contribution in [3.05, 3.63) is 28.8 Å². The highest BCUT2D eigenvalue weighted by Gasteiger charge is 2.40. The molecule has 0 aliphatic carbocycles. The molecule has 1 aliphatic rings. The van der Waals surface area contributed by atoms with Crippen molar-refractivity contribution < 1.29 is 39.6 Å². The number of carbonyl (C=O) groups excluding carboxylic acids is 1. The number of nitrogens with zero attached hydrogens (tertiary/aromatic N) is 2. The molecule has 0 unspecified atom stereocenters. The largest absolute Gasteiger partial charge is 0.481 e. The van der Waals surface area contributed by atoms with Crippen LogP contribution in [0.2, 0.25) is 5.02 Å². The number of hydrogen-bond acceptors (Lipinski definition) is 7. The van der Waals surface area contributed by atoms with Crippen molar-refractivity contribution in [2.75, 3.05) is 38.2 Å². The number of carboxylic acid groups (broad SMARTS) is 3. The average molecular weight is 474 g/mol. The van der Waals surface area contributed by atoms with Crippen LogP contribution >= 0.6 is 11.6 Å². The number of likely N-dealkylation sites (N-methyl/N-ethyl adjacent to an activating group) is 1. The summed E-state index contributed by atoms with van der Waals surface area (Å²) < 4.78 is 0. The molecule has 0 atom stereocenters. The lowest BCUT2D eigenvalue weighted by atomic mass is 9.96. The van der Waals surface area contributed by atoms with Crippen molar-refractivity contribution in [1.82, 2.24) is 9.80 Å². The van der Waals surface area contributed by atoms with E-state index in [2.05, 4.69) is 24.1 Å². The van der Waals surface area contributed by atoms with Gasteiger partial charge in [-0.25, -0.2) is 4.79 Å². The van der Waals surface area contributed by atoms with E-state index in [1.807, 2.05) is 11.0 Å². The molecule has 1 aromatic rings. The predicted octanol–water partition coefficient (Wildman–Crippen LogP) is 1.26. The maximum Gasteiger partial charge on any atom is 0.336 e. The highest BCUT2D eigenvalue weighted by Crippen LogP contribution is 2.25. The monoisotopic (exact) mass is 473 g/mol. The minimum atomic E-state index is -2.74. The number of carboxylic acids is 3. The Morgan fingerprint density at radius 3 is 2.16 bits per heavy atom. The molecule has 1 aromatic carbocycles. The molecule has 2 rings (SSSR count). The van der Waals surface area contributed by atoms with Gasteiger partial charge in [-0.1, -0.05) is 25.4 Å². The summed E-state index contributed by atoms with van der Waals surface area (Å²) in [4.78, 5) is 47.0. The summed E-state index contributed by atoms with van der Waals surface area (Å²) in [5.74, 6) is -4.96. The van der Waals surface area contributed by atoms with Gasteiger partial charge in [-0.05, 0) is 31.3 Å². The molecule has 0 saturated carbocycles. The van der Waals surface area contributed by atoms with Crippen LogP contribution in [0.4, 0.5) is 5.69 Å². The van der Waals surface area contributed by atoms with Crippen LogP contribution in [0.25, 0.3) is 0 Å². The molecule has 32 heavy (non-hydrogen) atoms. The van der Waals surface area contributed by atoms with E-state index < -0.39 is 36.4 Å². The number of fused-ring (bicyclic) bond motifs is 1. The number of rotatable bonds is 10. The van der Waals surface area contributed by atoms with E-state index in [1.165, 1.54) is 0 Å². The highest BCUT2D eigenvalue weighted by atomic mass is 35.5. The number of nitrogens with one attached hydrogen (secondary N) is 1. The van der Waals surface area contributed by atoms with Crippen molar-refractivity contribution in [1.29, 1.82) is 0 Å². The Labute approximate surface area is 190 Å². The van der Waals surface area contributed by atoms with E-state index >= 15 is 0 Å². The van der Waals surface area contributed by atoms with E-state index in [9.17, 15) is 19.2 Å². The topological polar surface area (TPSA) is 168 Å². The Balaban J connectivity index is 0.000000347. The first-order chi connectivity index (χ1) is 14.9. The summed E-state index contributed by atoms with van der Waals surface area (Å²) in [5.41, 5.74) is -1.20. The number of benzene rings is 1. The first-order valence-electron chi connectivity index (χ1n) is 9.87. The molecule has 5 N–H and O–H groups in total. The Morgan fingerprint density at radius 2 is 1.69 bits per heavy atom. The van der Waals surface area contributed by atoms with Crippen molar-refractivity contribution in [3.8, 4) is 0 Å². The van der Waals surface area contributed by atoms with Gasteiger partial charge in [0, 0.05) is 23.8 Å². The number of halogens is 1. The normalized spacial score (nSPS) is 13.0. The van der Waals surface area contributed by atoms with E-state index in [1.54, 1.807) is 12.1 Å². The predicted molar refractivity (Wildman–Crippen MR) is 116 cm³/mol. The standard InChI is InChI=1S/C14H20ClN3O.C6H8O7/c1-3-17(4-2)7-8-18-10-16-13-6-5-11(15)9-12(13)14(18)19;7-3(8)1-6(13,5(11)12)2-4(9)10/h5-6,9,16H,3-4,7-8,10H2,1-2H3;13H,1-2H2,(H,7,8)(H,9,10)(H,11,12). The second kappa shape index (κ2) is 12.2. The van der Waals surface area contributed by atoms with Gasteiger partial charge >= 0.3 is 17.9 Å². The van der Waals surface area contributed by atoms with E-state index in [-0.39, 0.29) is 5.91 Å². The zero-order valence-electron chi connectivity index (χ0n) is 17.9. The second-order valence-corrected chi connectivity index (χ2v) is 7.53. The maximum absolute atomic E-state index is 12.4. The van der Waals surface area contributed by atoms with Crippen LogP contribution in [0, 0.1) is 0 Å². The van der Waals surface area contributed by atoms with Gasteiger partial charge in [0.05, 0.1) is 25.1 Å². The van der Waals surface area contributed by atoms with Gasteiger partial charge in [0.1, 0.15) is 0 Å². The van der Waals surface area contributed by atoms with Crippen LogP contribution in [0.15, 0.2) is 18.2 Å². The molecule has 12 heteroatoms. The molecule has 1 aliphatic heterocycles. The van der Waals surface area contributed by atoms with E-state index in [0.29, 0.717) is 17.3 Å². The van der Waals surface area contributed by atoms with Crippen molar-refractivity contribution in [2.45, 2.75) is 32.3 Å². The fourth-order valence-electron chi connectivity index (χ4n) is 2.97. The van der Waals surface area contributed by atoms with Gasteiger partial charge in [-0.2, -0.15) is 0 Å². The van der Waals surface area contributed by atoms with Crippen LogP contribution in [0.5, 0.6) is 0 Å². The summed E-state index contributed by atoms with van der Waals surface area (Å²) in [6.45, 7) is 8.48. The lowest BCUT2D eigenvalue weighted by Gasteiger charge is -2.31. The lowest BCUT2D eigenvalue weighted by Crippen LogP contribution is -2.44. The van der Waals surface area contributed by atoms with Crippen LogP contribution in [-0.4, -0.2) is 92.5 Å². The first kappa shape index (κ1) is 27.1. The van der Waals surface area contributed by atoms with Gasteiger partial charge in [-0.3, -0.25) is 14.4 Å². The fraction of sp³-hybridized carbons (Fsp3) is 0.500. The third-order valence-corrected chi connectivity index (χ3v) is 5.06. The summed E-state index contributed by atoms with van der Waals surface area (Å²) >= 11 is 5.96. The third-order valence-electron chi connectivity index (χ3n) is 4.83. The van der Waals surface area contributed by atoms with Crippen molar-refractivity contribution >= 4 is 41.1 Å². The summed E-state index contributed by atoms with van der Waals surface area (Å²) in [5, 5.41) is 37.7. The molecule has 0 aromatic heterocycles. The number of anilines is 1. The molecule has 0 radical (unpaired) electrons. The maximum atomic E-state index is 12.4. The molecular formula is C20H28ClN3O8. The van der Waals surface area contributed by atoms with E-state index in [0.717, 1.165) is 31.9 Å². The first-order valence-corrected chi connectivity index (χ1v) is 10.3. The van der Waals surface area contributed by atoms with Gasteiger partial charge in [0.2, 0.25) is 0 Å². The summed E-state index contributed by atoms with van der Waals surface area (Å²) in [6.07, 6.45) is -2.29. The number of aliphatic carboxylic acids is 3. The summed E-state index contributed by atoms with van der Waals surface area (Å²) in [6, 6.07) is 5.39. The Hall–Kier alpha value is -2.89. The molecular weight excluding hydrogens is 446 g/mol. The zero-order chi connectivity index (χ0) is 24.5. The zero-order valence-corrected chi connectivity index (χ0v) is 18.6. The van der Waals surface area contributed by atoms with Gasteiger partial charge in [0.15, 0.2) is 5.60 Å². The highest BCUT2D eigenvalue weighted by molar-refractivity contribution is 6.31. The van der Waals surface area contributed by atoms with Crippen LogP contribution < -0.4 is 5.32 Å². The van der Waals surface area contributed by atoms with E-state index in [4.69, 9.17) is 32.0 Å². The molecule has 11 nitrogen and oxygen atoms in total.